The summed E-state index contributed by atoms with van der Waals surface area (Å²) in [6.07, 6.45) is 8.84. The molecule has 0 aromatic carbocycles. The highest BCUT2D eigenvalue weighted by molar-refractivity contribution is 5.77. The van der Waals surface area contributed by atoms with E-state index in [0.29, 0.717) is 12.2 Å². The van der Waals surface area contributed by atoms with Crippen LogP contribution in [0.5, 0.6) is 0 Å². The van der Waals surface area contributed by atoms with Crippen molar-refractivity contribution >= 4 is 5.91 Å². The largest absolute Gasteiger partial charge is 0.343 e. The van der Waals surface area contributed by atoms with Crippen LogP contribution >= 0.6 is 0 Å². The quantitative estimate of drug-likeness (QED) is 0.853. The second-order valence-corrected chi connectivity index (χ2v) is 7.18. The zero-order valence-electron chi connectivity index (χ0n) is 13.0. The lowest BCUT2D eigenvalue weighted by Crippen LogP contribution is -2.38. The average molecular weight is 291 g/mol. The maximum atomic E-state index is 12.8. The molecule has 1 saturated heterocycles. The summed E-state index contributed by atoms with van der Waals surface area (Å²) in [4.78, 5) is 19.0. The van der Waals surface area contributed by atoms with E-state index < -0.39 is 0 Å². The Morgan fingerprint density at radius 2 is 2.14 bits per heavy atom. The molecule has 3 rings (SSSR count). The van der Waals surface area contributed by atoms with E-state index in [1.807, 2.05) is 4.90 Å². The molecule has 0 unspecified atom stereocenters. The maximum Gasteiger partial charge on any atom is 0.223 e. The van der Waals surface area contributed by atoms with Crippen molar-refractivity contribution in [1.82, 2.24) is 15.0 Å². The molecule has 1 aliphatic carbocycles. The summed E-state index contributed by atoms with van der Waals surface area (Å²) < 4.78 is 4.89. The van der Waals surface area contributed by atoms with E-state index in [1.165, 1.54) is 25.7 Å². The minimum Gasteiger partial charge on any atom is -0.343 e. The Kier molecular flexibility index (Phi) is 4.00. The zero-order valence-corrected chi connectivity index (χ0v) is 13.0. The number of amides is 1. The molecule has 1 atom stereocenters. The predicted octanol–water partition coefficient (Wildman–Crippen LogP) is 3.34. The molecule has 0 spiro atoms. The van der Waals surface area contributed by atoms with E-state index in [1.54, 1.807) is 0 Å². The second-order valence-electron chi connectivity index (χ2n) is 7.18. The van der Waals surface area contributed by atoms with Crippen LogP contribution in [-0.2, 0) is 4.79 Å². The molecule has 1 aromatic rings. The lowest BCUT2D eigenvalue weighted by Gasteiger charge is -2.32. The Morgan fingerprint density at radius 1 is 1.33 bits per heavy atom. The third kappa shape index (κ3) is 3.27. The summed E-state index contributed by atoms with van der Waals surface area (Å²) in [6, 6.07) is -0.00578. The van der Waals surface area contributed by atoms with Crippen LogP contribution in [0.3, 0.4) is 0 Å². The summed E-state index contributed by atoms with van der Waals surface area (Å²) in [7, 11) is 0. The van der Waals surface area contributed by atoms with Crippen LogP contribution in [-0.4, -0.2) is 27.5 Å². The number of hydrogen-bond donors (Lipinski definition) is 0. The molecule has 5 nitrogen and oxygen atoms in total. The fourth-order valence-corrected chi connectivity index (χ4v) is 3.50. The number of rotatable bonds is 4. The highest BCUT2D eigenvalue weighted by Crippen LogP contribution is 2.47. The normalized spacial score (nSPS) is 23.9. The Balaban J connectivity index is 1.74. The number of carbonyl (C=O) groups excluding carboxylic acids is 1. The Labute approximate surface area is 126 Å². The smallest absolute Gasteiger partial charge is 0.223 e. The third-order valence-corrected chi connectivity index (χ3v) is 5.04. The van der Waals surface area contributed by atoms with Gasteiger partial charge in [-0.25, -0.2) is 0 Å². The Bertz CT molecular complexity index is 480. The fraction of sp³-hybridized carbons (Fsp3) is 0.812. The molecule has 1 aliphatic heterocycles. The van der Waals surface area contributed by atoms with E-state index in [-0.39, 0.29) is 17.4 Å². The molecule has 2 fully saturated rings. The van der Waals surface area contributed by atoms with Crippen LogP contribution < -0.4 is 0 Å². The molecule has 0 radical (unpaired) electrons. The maximum absolute atomic E-state index is 12.8. The van der Waals surface area contributed by atoms with Crippen LogP contribution in [0.15, 0.2) is 10.9 Å². The molecule has 0 N–H and O–H groups in total. The molecule has 2 aliphatic rings. The Morgan fingerprint density at radius 3 is 2.81 bits per heavy atom. The monoisotopic (exact) mass is 291 g/mol. The van der Waals surface area contributed by atoms with Gasteiger partial charge >= 0.3 is 0 Å². The topological polar surface area (TPSA) is 59.2 Å². The van der Waals surface area contributed by atoms with Crippen LogP contribution in [0.2, 0.25) is 0 Å². The van der Waals surface area contributed by atoms with Gasteiger partial charge in [0.2, 0.25) is 12.3 Å². The van der Waals surface area contributed by atoms with Crippen molar-refractivity contribution in [1.29, 1.82) is 0 Å². The van der Waals surface area contributed by atoms with Crippen LogP contribution in [0.4, 0.5) is 0 Å². The lowest BCUT2D eigenvalue weighted by molar-refractivity contribution is -0.136. The first kappa shape index (κ1) is 14.5. The predicted molar refractivity (Wildman–Crippen MR) is 78.3 cm³/mol. The molecule has 5 heteroatoms. The SMILES string of the molecule is CC(C)(CC(=O)N1CCCCC[C@H]1c1ncon1)C1CC1. The summed E-state index contributed by atoms with van der Waals surface area (Å²) in [5, 5.41) is 3.98. The van der Waals surface area contributed by atoms with Crippen molar-refractivity contribution < 1.29 is 9.32 Å². The first-order valence-corrected chi connectivity index (χ1v) is 8.14. The highest BCUT2D eigenvalue weighted by atomic mass is 16.5. The van der Waals surface area contributed by atoms with Gasteiger partial charge in [0.1, 0.15) is 0 Å². The van der Waals surface area contributed by atoms with Crippen molar-refractivity contribution in [3.63, 3.8) is 0 Å². The van der Waals surface area contributed by atoms with E-state index >= 15 is 0 Å². The van der Waals surface area contributed by atoms with Gasteiger partial charge in [-0.3, -0.25) is 4.79 Å². The number of carbonyl (C=O) groups is 1. The molecule has 1 saturated carbocycles. The van der Waals surface area contributed by atoms with Crippen LogP contribution in [0.25, 0.3) is 0 Å². The van der Waals surface area contributed by atoms with E-state index in [9.17, 15) is 4.79 Å². The van der Waals surface area contributed by atoms with Crippen molar-refractivity contribution in [2.24, 2.45) is 11.3 Å². The molecule has 2 heterocycles. The Hall–Kier alpha value is -1.39. The number of likely N-dealkylation sites (tertiary alicyclic amines) is 1. The van der Waals surface area contributed by atoms with Crippen LogP contribution in [0, 0.1) is 11.3 Å². The average Bonchev–Trinajstić information content (AvgIpc) is 3.21. The summed E-state index contributed by atoms with van der Waals surface area (Å²) in [6.45, 7) is 5.27. The van der Waals surface area contributed by atoms with Crippen molar-refractivity contribution in [3.05, 3.63) is 12.2 Å². The highest BCUT2D eigenvalue weighted by Gasteiger charge is 2.41. The third-order valence-electron chi connectivity index (χ3n) is 5.04. The molecule has 1 aromatic heterocycles. The minimum atomic E-state index is -0.00578. The zero-order chi connectivity index (χ0) is 14.9. The minimum absolute atomic E-state index is 0.00578. The molecule has 116 valence electrons. The van der Waals surface area contributed by atoms with E-state index in [2.05, 4.69) is 24.0 Å². The fourth-order valence-electron chi connectivity index (χ4n) is 3.50. The van der Waals surface area contributed by atoms with Gasteiger partial charge < -0.3 is 9.42 Å². The van der Waals surface area contributed by atoms with Gasteiger partial charge in [0.15, 0.2) is 5.82 Å². The number of hydrogen-bond acceptors (Lipinski definition) is 4. The molecule has 1 amide bonds. The molecular weight excluding hydrogens is 266 g/mol. The summed E-state index contributed by atoms with van der Waals surface area (Å²) in [5.41, 5.74) is 0.116. The molecule has 0 bridgehead atoms. The number of nitrogens with zero attached hydrogens (tertiary/aromatic N) is 3. The van der Waals surface area contributed by atoms with Gasteiger partial charge in [-0.2, -0.15) is 4.98 Å². The molecular formula is C16H25N3O2. The number of aromatic nitrogens is 2. The van der Waals surface area contributed by atoms with Gasteiger partial charge in [-0.1, -0.05) is 31.8 Å². The lowest BCUT2D eigenvalue weighted by atomic mass is 9.83. The summed E-state index contributed by atoms with van der Waals surface area (Å²) in [5.74, 6) is 1.63. The molecule has 21 heavy (non-hydrogen) atoms. The second kappa shape index (κ2) is 5.78. The summed E-state index contributed by atoms with van der Waals surface area (Å²) >= 11 is 0. The first-order valence-electron chi connectivity index (χ1n) is 8.14. The van der Waals surface area contributed by atoms with Gasteiger partial charge in [0, 0.05) is 13.0 Å². The standard InChI is InChI=1S/C16H25N3O2/c1-16(2,12-7-8-12)10-14(20)19-9-5-3-4-6-13(19)15-17-11-21-18-15/h11-13H,3-10H2,1-2H3/t13-/m0/s1. The van der Waals surface area contributed by atoms with Gasteiger partial charge in [-0.05, 0) is 37.0 Å². The van der Waals surface area contributed by atoms with Gasteiger partial charge in [0.05, 0.1) is 6.04 Å². The van der Waals surface area contributed by atoms with Crippen LogP contribution in [0.1, 0.15) is 70.7 Å². The van der Waals surface area contributed by atoms with E-state index in [4.69, 9.17) is 4.52 Å². The van der Waals surface area contributed by atoms with Gasteiger partial charge in [0.25, 0.3) is 0 Å². The van der Waals surface area contributed by atoms with Crippen molar-refractivity contribution in [2.45, 2.75) is 64.8 Å². The van der Waals surface area contributed by atoms with E-state index in [0.717, 1.165) is 31.7 Å². The van der Waals surface area contributed by atoms with Crippen molar-refractivity contribution in [2.75, 3.05) is 6.54 Å². The van der Waals surface area contributed by atoms with Crippen molar-refractivity contribution in [3.8, 4) is 0 Å². The van der Waals surface area contributed by atoms with Gasteiger partial charge in [-0.15, -0.1) is 0 Å². The first-order chi connectivity index (χ1) is 10.1.